The molecule has 2 aliphatic rings. The summed E-state index contributed by atoms with van der Waals surface area (Å²) in [5.74, 6) is 1.85. The van der Waals surface area contributed by atoms with Crippen LogP contribution in [0.25, 0.3) is 22.6 Å². The Morgan fingerprint density at radius 1 is 1.11 bits per heavy atom. The average Bonchev–Trinajstić information content (AvgIpc) is 3.27. The van der Waals surface area contributed by atoms with Crippen LogP contribution in [0.4, 0.5) is 0 Å². The molecule has 0 saturated carbocycles. The first kappa shape index (κ1) is 17.2. The lowest BCUT2D eigenvalue weighted by Gasteiger charge is -2.28. The Bertz CT molecular complexity index is 974. The Hall–Kier alpha value is -2.93. The van der Waals surface area contributed by atoms with Gasteiger partial charge in [-0.1, -0.05) is 6.07 Å². The number of fused-ring (bicyclic) bond motifs is 2. The highest BCUT2D eigenvalue weighted by molar-refractivity contribution is 5.72. The van der Waals surface area contributed by atoms with Crippen molar-refractivity contribution in [1.29, 1.82) is 0 Å². The van der Waals surface area contributed by atoms with Gasteiger partial charge in [-0.3, -0.25) is 0 Å². The number of hydrogen-bond donors (Lipinski definition) is 2. The van der Waals surface area contributed by atoms with Crippen LogP contribution in [0.15, 0.2) is 40.9 Å². The van der Waals surface area contributed by atoms with Gasteiger partial charge in [-0.25, -0.2) is 4.98 Å². The summed E-state index contributed by atoms with van der Waals surface area (Å²) in [5, 5.41) is 22.5. The number of aromatic hydroxyl groups is 1. The highest BCUT2D eigenvalue weighted by atomic mass is 16.5. The summed E-state index contributed by atoms with van der Waals surface area (Å²) in [6, 6.07) is 10.1. The molecule has 2 fully saturated rings. The average molecular weight is 378 g/mol. The number of nitrogens with one attached hydrogen (secondary N) is 1. The molecule has 144 valence electrons. The predicted molar refractivity (Wildman–Crippen MR) is 103 cm³/mol. The third-order valence-corrected chi connectivity index (χ3v) is 5.54. The van der Waals surface area contributed by atoms with Crippen LogP contribution >= 0.6 is 0 Å². The zero-order valence-electron chi connectivity index (χ0n) is 15.6. The van der Waals surface area contributed by atoms with Crippen LogP contribution in [0.2, 0.25) is 0 Å². The van der Waals surface area contributed by atoms with E-state index in [0.29, 0.717) is 40.9 Å². The van der Waals surface area contributed by atoms with Gasteiger partial charge in [-0.15, -0.1) is 10.2 Å². The van der Waals surface area contributed by atoms with Gasteiger partial charge in [0.05, 0.1) is 11.9 Å². The second kappa shape index (κ2) is 6.91. The van der Waals surface area contributed by atoms with Gasteiger partial charge in [0.25, 0.3) is 0 Å². The Morgan fingerprint density at radius 2 is 1.93 bits per heavy atom. The molecule has 2 bridgehead atoms. The first-order valence-electron chi connectivity index (χ1n) is 9.66. The van der Waals surface area contributed by atoms with Crippen LogP contribution < -0.4 is 10.1 Å². The molecule has 0 spiro atoms. The minimum Gasteiger partial charge on any atom is -0.507 e. The van der Waals surface area contributed by atoms with E-state index < -0.39 is 0 Å². The molecule has 2 aromatic heterocycles. The summed E-state index contributed by atoms with van der Waals surface area (Å²) in [5.41, 5.74) is 1.96. The minimum atomic E-state index is 0.115. The lowest BCUT2D eigenvalue weighted by atomic mass is 10.0. The number of benzene rings is 1. The third kappa shape index (κ3) is 3.33. The zero-order valence-corrected chi connectivity index (χ0v) is 15.6. The van der Waals surface area contributed by atoms with Gasteiger partial charge >= 0.3 is 0 Å². The Labute approximate surface area is 162 Å². The first-order valence-corrected chi connectivity index (χ1v) is 9.66. The van der Waals surface area contributed by atoms with Crippen LogP contribution in [0.1, 0.15) is 31.6 Å². The van der Waals surface area contributed by atoms with Crippen LogP contribution in [0.3, 0.4) is 0 Å². The molecule has 5 rings (SSSR count). The summed E-state index contributed by atoms with van der Waals surface area (Å²) < 4.78 is 11.5. The normalized spacial score (nSPS) is 23.7. The van der Waals surface area contributed by atoms with Gasteiger partial charge < -0.3 is 19.6 Å². The molecule has 4 heterocycles. The molecule has 28 heavy (non-hydrogen) atoms. The summed E-state index contributed by atoms with van der Waals surface area (Å²) in [7, 11) is 0. The van der Waals surface area contributed by atoms with Crippen molar-refractivity contribution in [2.24, 2.45) is 0 Å². The summed E-state index contributed by atoms with van der Waals surface area (Å²) >= 11 is 0. The number of rotatable bonds is 4. The van der Waals surface area contributed by atoms with Crippen molar-refractivity contribution in [3.63, 3.8) is 0 Å². The standard InChI is InChI=1S/C21H22N4O3/c1-12-22-11-20(27-12)13-2-5-17(19(26)8-13)18-6-7-21(25-24-18)28-16-9-14-3-4-15(10-16)23-14/h2,5-8,11,14-16,23,26H,3-4,9-10H2,1H3/t14-,15+,16+. The van der Waals surface area contributed by atoms with Crippen LogP contribution in [0.5, 0.6) is 11.6 Å². The molecule has 0 aliphatic carbocycles. The van der Waals surface area contributed by atoms with E-state index in [2.05, 4.69) is 20.5 Å². The van der Waals surface area contributed by atoms with Crippen LogP contribution in [-0.2, 0) is 0 Å². The highest BCUT2D eigenvalue weighted by Crippen LogP contribution is 2.33. The molecule has 0 amide bonds. The fraction of sp³-hybridized carbons (Fsp3) is 0.381. The number of aryl methyl sites for hydroxylation is 1. The first-order chi connectivity index (χ1) is 13.6. The maximum absolute atomic E-state index is 10.4. The molecule has 3 atom stereocenters. The Kier molecular flexibility index (Phi) is 4.24. The second-order valence-corrected chi connectivity index (χ2v) is 7.58. The number of phenolic OH excluding ortho intramolecular Hbond substituents is 1. The van der Waals surface area contributed by atoms with Crippen LogP contribution in [0, 0.1) is 6.92 Å². The summed E-state index contributed by atoms with van der Waals surface area (Å²) in [6.45, 7) is 1.78. The van der Waals surface area contributed by atoms with Gasteiger partial charge in [0.1, 0.15) is 11.9 Å². The quantitative estimate of drug-likeness (QED) is 0.718. The number of nitrogens with zero attached hydrogens (tertiary/aromatic N) is 3. The number of oxazole rings is 1. The lowest BCUT2D eigenvalue weighted by Crippen LogP contribution is -2.42. The van der Waals surface area contributed by atoms with Crippen molar-refractivity contribution >= 4 is 0 Å². The van der Waals surface area contributed by atoms with Crippen molar-refractivity contribution in [3.05, 3.63) is 42.4 Å². The predicted octanol–water partition coefficient (Wildman–Crippen LogP) is 3.47. The molecular weight excluding hydrogens is 356 g/mol. The molecular formula is C21H22N4O3. The zero-order chi connectivity index (χ0) is 19.1. The second-order valence-electron chi connectivity index (χ2n) is 7.58. The van der Waals surface area contributed by atoms with E-state index in [1.807, 2.05) is 18.2 Å². The highest BCUT2D eigenvalue weighted by Gasteiger charge is 2.34. The smallest absolute Gasteiger partial charge is 0.233 e. The van der Waals surface area contributed by atoms with E-state index in [0.717, 1.165) is 18.4 Å². The number of phenols is 1. The van der Waals surface area contributed by atoms with Crippen molar-refractivity contribution in [1.82, 2.24) is 20.5 Å². The van der Waals surface area contributed by atoms with Gasteiger partial charge in [0.15, 0.2) is 11.7 Å². The Morgan fingerprint density at radius 3 is 2.57 bits per heavy atom. The molecule has 0 unspecified atom stereocenters. The van der Waals surface area contributed by atoms with Crippen molar-refractivity contribution in [2.75, 3.05) is 0 Å². The Balaban J connectivity index is 1.31. The molecule has 7 heteroatoms. The van der Waals surface area contributed by atoms with E-state index in [1.54, 1.807) is 25.3 Å². The fourth-order valence-electron chi connectivity index (χ4n) is 4.19. The molecule has 1 aromatic carbocycles. The van der Waals surface area contributed by atoms with E-state index in [9.17, 15) is 5.11 Å². The van der Waals surface area contributed by atoms with E-state index in [1.165, 1.54) is 12.8 Å². The molecule has 3 aromatic rings. The molecule has 2 aliphatic heterocycles. The van der Waals surface area contributed by atoms with Gasteiger partial charge in [0.2, 0.25) is 5.88 Å². The maximum atomic E-state index is 10.4. The van der Waals surface area contributed by atoms with Crippen molar-refractivity contribution < 1.29 is 14.3 Å². The van der Waals surface area contributed by atoms with Gasteiger partial charge in [-0.2, -0.15) is 0 Å². The van der Waals surface area contributed by atoms with Crippen molar-refractivity contribution in [2.45, 2.75) is 50.8 Å². The van der Waals surface area contributed by atoms with Gasteiger partial charge in [0, 0.05) is 36.2 Å². The lowest BCUT2D eigenvalue weighted by molar-refractivity contribution is 0.130. The molecule has 7 nitrogen and oxygen atoms in total. The number of piperidine rings is 1. The fourth-order valence-corrected chi connectivity index (χ4v) is 4.19. The topological polar surface area (TPSA) is 93.3 Å². The van der Waals surface area contributed by atoms with Crippen molar-refractivity contribution in [3.8, 4) is 34.2 Å². The monoisotopic (exact) mass is 378 g/mol. The molecule has 2 N–H and O–H groups in total. The molecule has 2 saturated heterocycles. The number of hydrogen-bond acceptors (Lipinski definition) is 7. The van der Waals surface area contributed by atoms with Gasteiger partial charge in [-0.05, 0) is 43.9 Å². The van der Waals surface area contributed by atoms with E-state index in [4.69, 9.17) is 9.15 Å². The number of aromatic nitrogens is 3. The van der Waals surface area contributed by atoms with E-state index in [-0.39, 0.29) is 11.9 Å². The summed E-state index contributed by atoms with van der Waals surface area (Å²) in [6.07, 6.45) is 6.34. The minimum absolute atomic E-state index is 0.115. The largest absolute Gasteiger partial charge is 0.507 e. The maximum Gasteiger partial charge on any atom is 0.233 e. The number of ether oxygens (including phenoxy) is 1. The molecule has 0 radical (unpaired) electrons. The summed E-state index contributed by atoms with van der Waals surface area (Å²) in [4.78, 5) is 4.09. The third-order valence-electron chi connectivity index (χ3n) is 5.54. The SMILES string of the molecule is Cc1ncc(-c2ccc(-c3ccc(O[C@H]4C[C@H]5CC[C@@H](C4)N5)nn3)c(O)c2)o1. The van der Waals surface area contributed by atoms with Crippen LogP contribution in [-0.4, -0.2) is 38.5 Å². The van der Waals surface area contributed by atoms with E-state index >= 15 is 0 Å².